The molecule has 1 aliphatic carbocycles. The number of ether oxygens (including phenoxy) is 1. The third-order valence-corrected chi connectivity index (χ3v) is 8.10. The molecule has 1 saturated heterocycles. The Bertz CT molecular complexity index is 1610. The largest absolute Gasteiger partial charge is 0.379 e. The molecule has 6 rings (SSSR count). The maximum atomic E-state index is 14.1. The zero-order valence-electron chi connectivity index (χ0n) is 22.4. The number of hydrogen-bond acceptors (Lipinski definition) is 6. The number of fused-ring (bicyclic) bond motifs is 1. The fourth-order valence-electron chi connectivity index (χ4n) is 5.98. The first-order valence-electron chi connectivity index (χ1n) is 13.9. The van der Waals surface area contributed by atoms with Crippen molar-refractivity contribution in [2.75, 3.05) is 26.3 Å². The van der Waals surface area contributed by atoms with Crippen LogP contribution < -0.4 is 17.0 Å². The van der Waals surface area contributed by atoms with Gasteiger partial charge in [0, 0.05) is 37.9 Å². The van der Waals surface area contributed by atoms with E-state index in [1.54, 1.807) is 10.8 Å². The van der Waals surface area contributed by atoms with Crippen LogP contribution in [-0.4, -0.2) is 51.4 Å². The highest BCUT2D eigenvalue weighted by molar-refractivity contribution is 5.77. The highest BCUT2D eigenvalue weighted by Crippen LogP contribution is 2.29. The van der Waals surface area contributed by atoms with Crippen molar-refractivity contribution >= 4 is 11.0 Å². The minimum atomic E-state index is -0.344. The molecular weight excluding hydrogens is 490 g/mol. The van der Waals surface area contributed by atoms with Crippen LogP contribution in [0.1, 0.15) is 42.9 Å². The third kappa shape index (κ3) is 5.07. The molecule has 202 valence electrons. The molecule has 2 N–H and O–H groups in total. The summed E-state index contributed by atoms with van der Waals surface area (Å²) in [4.78, 5) is 34.7. The van der Waals surface area contributed by atoms with Crippen LogP contribution in [0.4, 0.5) is 0 Å². The SMILES string of the molecule is Cc1cnc2c(c1)c(=O)n(C1CCC(N)CC1)c(=O)n2-c1cccc(-c2ccccc2CN2CCOCC2)c1. The van der Waals surface area contributed by atoms with Gasteiger partial charge in [-0.25, -0.2) is 14.3 Å². The van der Waals surface area contributed by atoms with Gasteiger partial charge in [0.15, 0.2) is 5.65 Å². The lowest BCUT2D eigenvalue weighted by Crippen LogP contribution is -2.44. The van der Waals surface area contributed by atoms with E-state index < -0.39 is 0 Å². The molecule has 0 bridgehead atoms. The number of pyridine rings is 1. The Hall–Kier alpha value is -3.59. The number of rotatable bonds is 5. The molecular formula is C31H35N5O3. The second-order valence-corrected chi connectivity index (χ2v) is 10.8. The number of nitrogens with zero attached hydrogens (tertiary/aromatic N) is 4. The van der Waals surface area contributed by atoms with Gasteiger partial charge >= 0.3 is 5.69 Å². The summed E-state index contributed by atoms with van der Waals surface area (Å²) in [6.45, 7) is 6.08. The minimum absolute atomic E-state index is 0.123. The lowest BCUT2D eigenvalue weighted by atomic mass is 9.91. The first kappa shape index (κ1) is 25.7. The Morgan fingerprint density at radius 2 is 1.74 bits per heavy atom. The van der Waals surface area contributed by atoms with Crippen molar-refractivity contribution in [2.24, 2.45) is 5.73 Å². The molecule has 0 unspecified atom stereocenters. The monoisotopic (exact) mass is 525 g/mol. The van der Waals surface area contributed by atoms with Gasteiger partial charge in [0.2, 0.25) is 0 Å². The number of benzene rings is 2. The van der Waals surface area contributed by atoms with Gasteiger partial charge in [0.05, 0.1) is 24.3 Å². The van der Waals surface area contributed by atoms with Crippen molar-refractivity contribution < 1.29 is 4.74 Å². The van der Waals surface area contributed by atoms with Crippen molar-refractivity contribution in [3.63, 3.8) is 0 Å². The van der Waals surface area contributed by atoms with Crippen LogP contribution in [0.5, 0.6) is 0 Å². The molecule has 2 aliphatic rings. The van der Waals surface area contributed by atoms with Crippen LogP contribution in [0, 0.1) is 6.92 Å². The van der Waals surface area contributed by atoms with Crippen molar-refractivity contribution in [1.82, 2.24) is 19.0 Å². The van der Waals surface area contributed by atoms with Gasteiger partial charge in [-0.2, -0.15) is 0 Å². The molecule has 2 fully saturated rings. The van der Waals surface area contributed by atoms with Crippen LogP contribution in [0.25, 0.3) is 27.8 Å². The van der Waals surface area contributed by atoms with E-state index in [4.69, 9.17) is 10.5 Å². The average molecular weight is 526 g/mol. The van der Waals surface area contributed by atoms with Crippen molar-refractivity contribution in [3.8, 4) is 16.8 Å². The summed E-state index contributed by atoms with van der Waals surface area (Å²) in [6, 6.07) is 18.2. The Morgan fingerprint density at radius 1 is 0.974 bits per heavy atom. The number of hydrogen-bond donors (Lipinski definition) is 1. The summed E-state index contributed by atoms with van der Waals surface area (Å²) in [5.41, 5.74) is 10.9. The molecule has 8 heteroatoms. The van der Waals surface area contributed by atoms with E-state index in [2.05, 4.69) is 34.1 Å². The molecule has 1 aliphatic heterocycles. The maximum Gasteiger partial charge on any atom is 0.337 e. The second-order valence-electron chi connectivity index (χ2n) is 10.8. The predicted octanol–water partition coefficient (Wildman–Crippen LogP) is 3.80. The van der Waals surface area contributed by atoms with Crippen LogP contribution in [0.2, 0.25) is 0 Å². The summed E-state index contributed by atoms with van der Waals surface area (Å²) < 4.78 is 8.59. The quantitative estimate of drug-likeness (QED) is 0.426. The van der Waals surface area contributed by atoms with Gasteiger partial charge in [0.25, 0.3) is 5.56 Å². The Labute approximate surface area is 227 Å². The van der Waals surface area contributed by atoms with Crippen molar-refractivity contribution in [2.45, 2.75) is 51.2 Å². The summed E-state index contributed by atoms with van der Waals surface area (Å²) >= 11 is 0. The summed E-state index contributed by atoms with van der Waals surface area (Å²) in [5.74, 6) is 0. The molecule has 0 spiro atoms. The van der Waals surface area contributed by atoms with Gasteiger partial charge in [-0.05, 0) is 73.1 Å². The van der Waals surface area contributed by atoms with E-state index in [0.717, 1.165) is 75.2 Å². The van der Waals surface area contributed by atoms with Gasteiger partial charge in [-0.3, -0.25) is 14.3 Å². The summed E-state index contributed by atoms with van der Waals surface area (Å²) in [5, 5.41) is 0.461. The fourth-order valence-corrected chi connectivity index (χ4v) is 5.98. The van der Waals surface area contributed by atoms with Crippen LogP contribution in [0.15, 0.2) is 70.4 Å². The number of aromatic nitrogens is 3. The molecule has 1 saturated carbocycles. The molecule has 4 aromatic rings. The van der Waals surface area contributed by atoms with E-state index in [9.17, 15) is 9.59 Å². The number of aryl methyl sites for hydroxylation is 1. The summed E-state index contributed by atoms with van der Waals surface area (Å²) in [7, 11) is 0. The van der Waals surface area contributed by atoms with Gasteiger partial charge < -0.3 is 10.5 Å². The Morgan fingerprint density at radius 3 is 2.54 bits per heavy atom. The van der Waals surface area contributed by atoms with Gasteiger partial charge in [-0.15, -0.1) is 0 Å². The van der Waals surface area contributed by atoms with E-state index in [1.807, 2.05) is 37.3 Å². The van der Waals surface area contributed by atoms with Crippen LogP contribution in [-0.2, 0) is 11.3 Å². The Balaban J connectivity index is 1.48. The normalized spacial score (nSPS) is 20.4. The van der Waals surface area contributed by atoms with Gasteiger partial charge in [0.1, 0.15) is 0 Å². The van der Waals surface area contributed by atoms with E-state index in [-0.39, 0.29) is 23.3 Å². The molecule has 0 amide bonds. The lowest BCUT2D eigenvalue weighted by Gasteiger charge is -2.28. The minimum Gasteiger partial charge on any atom is -0.379 e. The molecule has 0 radical (unpaired) electrons. The molecule has 3 heterocycles. The van der Waals surface area contributed by atoms with E-state index in [0.29, 0.717) is 16.7 Å². The number of nitrogens with two attached hydrogens (primary N) is 1. The fraction of sp³-hybridized carbons (Fsp3) is 0.387. The third-order valence-electron chi connectivity index (χ3n) is 8.10. The Kier molecular flexibility index (Phi) is 7.16. The predicted molar refractivity (Wildman–Crippen MR) is 153 cm³/mol. The highest BCUT2D eigenvalue weighted by Gasteiger charge is 2.26. The zero-order valence-corrected chi connectivity index (χ0v) is 22.4. The maximum absolute atomic E-state index is 14.1. The van der Waals surface area contributed by atoms with Crippen molar-refractivity contribution in [3.05, 3.63) is 92.8 Å². The van der Waals surface area contributed by atoms with Crippen LogP contribution in [0.3, 0.4) is 0 Å². The van der Waals surface area contributed by atoms with E-state index in [1.165, 1.54) is 10.1 Å². The molecule has 39 heavy (non-hydrogen) atoms. The lowest BCUT2D eigenvalue weighted by molar-refractivity contribution is 0.0342. The molecule has 2 aromatic heterocycles. The molecule has 0 atom stereocenters. The topological polar surface area (TPSA) is 95.4 Å². The molecule has 8 nitrogen and oxygen atoms in total. The highest BCUT2D eigenvalue weighted by atomic mass is 16.5. The average Bonchev–Trinajstić information content (AvgIpc) is 2.95. The first-order chi connectivity index (χ1) is 19.0. The number of morpholine rings is 1. The second kappa shape index (κ2) is 10.9. The molecule has 2 aromatic carbocycles. The van der Waals surface area contributed by atoms with Crippen molar-refractivity contribution in [1.29, 1.82) is 0 Å². The smallest absolute Gasteiger partial charge is 0.337 e. The summed E-state index contributed by atoms with van der Waals surface area (Å²) in [6.07, 6.45) is 4.75. The standard InChI is InChI=1S/C31H35N5O3/c1-21-17-28-29(33-19-21)35(31(38)36(30(28)37)25-11-9-24(32)10-12-25)26-7-4-6-22(18-26)27-8-3-2-5-23(27)20-34-13-15-39-16-14-34/h2-8,17-19,24-25H,9-16,20,32H2,1H3. The van der Waals surface area contributed by atoms with Gasteiger partial charge in [-0.1, -0.05) is 36.4 Å². The first-order valence-corrected chi connectivity index (χ1v) is 13.9. The van der Waals surface area contributed by atoms with E-state index >= 15 is 0 Å². The van der Waals surface area contributed by atoms with Crippen LogP contribution >= 0.6 is 0 Å². The zero-order chi connectivity index (χ0) is 26.9.